The van der Waals surface area contributed by atoms with Gasteiger partial charge in [0.1, 0.15) is 11.3 Å². The van der Waals surface area contributed by atoms with Crippen LogP contribution in [0.3, 0.4) is 0 Å². The van der Waals surface area contributed by atoms with Gasteiger partial charge >= 0.3 is 0 Å². The summed E-state index contributed by atoms with van der Waals surface area (Å²) in [4.78, 5) is 24.0. The van der Waals surface area contributed by atoms with Gasteiger partial charge in [-0.05, 0) is 60.5 Å². The Morgan fingerprint density at radius 3 is 2.71 bits per heavy atom. The zero-order valence-electron chi connectivity index (χ0n) is 19.7. The number of carbonyl (C=O) groups is 1. The number of hydrogen-bond acceptors (Lipinski definition) is 7. The molecule has 4 aromatic rings. The number of nitrogens with zero attached hydrogens (tertiary/aromatic N) is 5. The third kappa shape index (κ3) is 4.67. The molecular formula is C26H25FN6O2. The molecule has 0 saturated carbocycles. The maximum absolute atomic E-state index is 14.8. The number of anilines is 1. The Balaban J connectivity index is 1.34. The van der Waals surface area contributed by atoms with Crippen molar-refractivity contribution in [1.29, 1.82) is 0 Å². The molecule has 0 radical (unpaired) electrons. The van der Waals surface area contributed by atoms with Crippen LogP contribution in [0.15, 0.2) is 54.6 Å². The molecule has 35 heavy (non-hydrogen) atoms. The van der Waals surface area contributed by atoms with Gasteiger partial charge in [-0.3, -0.25) is 4.79 Å². The van der Waals surface area contributed by atoms with E-state index < -0.39 is 5.67 Å². The number of carbonyl (C=O) groups excluding carboxylic acids is 1. The molecule has 0 fully saturated rings. The van der Waals surface area contributed by atoms with E-state index in [0.29, 0.717) is 34.5 Å². The Labute approximate surface area is 202 Å². The quantitative estimate of drug-likeness (QED) is 0.472. The topological polar surface area (TPSA) is 93.1 Å². The third-order valence-corrected chi connectivity index (χ3v) is 5.94. The average Bonchev–Trinajstić information content (AvgIpc) is 2.86. The molecule has 1 N–H and O–H groups in total. The molecule has 9 heteroatoms. The highest BCUT2D eigenvalue weighted by molar-refractivity contribution is 5.94. The van der Waals surface area contributed by atoms with Crippen molar-refractivity contribution < 1.29 is 13.9 Å². The fourth-order valence-electron chi connectivity index (χ4n) is 4.04. The fourth-order valence-corrected chi connectivity index (χ4v) is 4.04. The molecule has 1 atom stereocenters. The van der Waals surface area contributed by atoms with E-state index in [-0.39, 0.29) is 19.1 Å². The number of fused-ring (bicyclic) bond motifs is 2. The van der Waals surface area contributed by atoms with Gasteiger partial charge in [-0.25, -0.2) is 14.4 Å². The highest BCUT2D eigenvalue weighted by atomic mass is 19.1. The van der Waals surface area contributed by atoms with Crippen molar-refractivity contribution in [2.45, 2.75) is 25.7 Å². The third-order valence-electron chi connectivity index (χ3n) is 5.94. The average molecular weight is 473 g/mol. The molecule has 3 aromatic heterocycles. The summed E-state index contributed by atoms with van der Waals surface area (Å²) in [6.45, 7) is 1.94. The first kappa shape index (κ1) is 22.8. The van der Waals surface area contributed by atoms with Gasteiger partial charge in [0.15, 0.2) is 5.67 Å². The number of ether oxygens (including phenoxy) is 1. The molecule has 178 valence electrons. The van der Waals surface area contributed by atoms with E-state index in [2.05, 4.69) is 20.5 Å². The SMILES string of the molecule is CN(C)c1cccc(-c2ccc3nnc(CNC(=O)c4ccc5c(c4)[C@](C)(F)COC5)cc3n2)n1. The second kappa shape index (κ2) is 8.99. The van der Waals surface area contributed by atoms with Gasteiger partial charge in [0.05, 0.1) is 42.4 Å². The van der Waals surface area contributed by atoms with E-state index in [1.165, 1.54) is 6.92 Å². The predicted octanol–water partition coefficient (Wildman–Crippen LogP) is 3.80. The first-order valence-corrected chi connectivity index (χ1v) is 11.3. The van der Waals surface area contributed by atoms with E-state index in [9.17, 15) is 9.18 Å². The lowest BCUT2D eigenvalue weighted by Gasteiger charge is -2.29. The van der Waals surface area contributed by atoms with E-state index in [4.69, 9.17) is 9.72 Å². The zero-order chi connectivity index (χ0) is 24.6. The second-order valence-electron chi connectivity index (χ2n) is 8.96. The van der Waals surface area contributed by atoms with E-state index >= 15 is 0 Å². The summed E-state index contributed by atoms with van der Waals surface area (Å²) in [6.07, 6.45) is 0. The van der Waals surface area contributed by atoms with Crippen LogP contribution in [-0.4, -0.2) is 46.8 Å². The van der Waals surface area contributed by atoms with Gasteiger partial charge in [-0.15, -0.1) is 5.10 Å². The number of benzene rings is 1. The number of amides is 1. The number of aromatic nitrogens is 4. The molecule has 8 nitrogen and oxygen atoms in total. The predicted molar refractivity (Wildman–Crippen MR) is 131 cm³/mol. The summed E-state index contributed by atoms with van der Waals surface area (Å²) in [7, 11) is 3.87. The number of nitrogens with one attached hydrogen (secondary N) is 1. The number of hydrogen-bond donors (Lipinski definition) is 1. The molecule has 5 rings (SSSR count). The number of rotatable bonds is 5. The largest absolute Gasteiger partial charge is 0.373 e. The van der Waals surface area contributed by atoms with Crippen LogP contribution in [0.1, 0.15) is 34.1 Å². The van der Waals surface area contributed by atoms with E-state index in [1.54, 1.807) is 24.3 Å². The normalized spacial score (nSPS) is 17.1. The molecular weight excluding hydrogens is 447 g/mol. The van der Waals surface area contributed by atoms with Crippen LogP contribution in [0.2, 0.25) is 0 Å². The van der Waals surface area contributed by atoms with Crippen molar-refractivity contribution in [1.82, 2.24) is 25.5 Å². The molecule has 0 saturated heterocycles. The smallest absolute Gasteiger partial charge is 0.251 e. The summed E-state index contributed by atoms with van der Waals surface area (Å²) in [5.74, 6) is 0.520. The Bertz CT molecular complexity index is 1420. The van der Waals surface area contributed by atoms with Gasteiger partial charge in [-0.2, -0.15) is 5.10 Å². The summed E-state index contributed by atoms with van der Waals surface area (Å²) >= 11 is 0. The first-order chi connectivity index (χ1) is 16.8. The maximum atomic E-state index is 14.8. The van der Waals surface area contributed by atoms with E-state index in [0.717, 1.165) is 22.8 Å². The van der Waals surface area contributed by atoms with Crippen molar-refractivity contribution in [3.8, 4) is 11.4 Å². The summed E-state index contributed by atoms with van der Waals surface area (Å²) in [5.41, 5.74) is 3.34. The number of pyridine rings is 2. The zero-order valence-corrected chi connectivity index (χ0v) is 19.7. The summed E-state index contributed by atoms with van der Waals surface area (Å²) in [6, 6.07) is 16.3. The summed E-state index contributed by atoms with van der Waals surface area (Å²) < 4.78 is 20.1. The molecule has 1 aliphatic rings. The lowest BCUT2D eigenvalue weighted by Crippen LogP contribution is -2.30. The molecule has 0 aliphatic carbocycles. The molecule has 0 bridgehead atoms. The van der Waals surface area contributed by atoms with Crippen LogP contribution in [0.25, 0.3) is 22.4 Å². The van der Waals surface area contributed by atoms with Gasteiger partial charge < -0.3 is 15.0 Å². The number of halogens is 1. The number of alkyl halides is 1. The minimum atomic E-state index is -1.63. The summed E-state index contributed by atoms with van der Waals surface area (Å²) in [5, 5.41) is 11.3. The lowest BCUT2D eigenvalue weighted by atomic mass is 9.90. The standard InChI is InChI=1S/C26H25FN6O2/c1-26(27)15-35-14-17-8-7-16(11-19(17)26)25(34)28-13-18-12-23-22(32-31-18)10-9-21(29-23)20-5-4-6-24(30-20)33(2)3/h4-12H,13-15H2,1-3H3,(H,28,34)/t26-/m1/s1. The minimum Gasteiger partial charge on any atom is -0.373 e. The van der Waals surface area contributed by atoms with Crippen LogP contribution >= 0.6 is 0 Å². The van der Waals surface area contributed by atoms with Gasteiger partial charge in [-0.1, -0.05) is 12.1 Å². The van der Waals surface area contributed by atoms with Crippen molar-refractivity contribution in [2.24, 2.45) is 0 Å². The molecule has 0 spiro atoms. The molecule has 4 heterocycles. The van der Waals surface area contributed by atoms with Gasteiger partial charge in [0.2, 0.25) is 0 Å². The Morgan fingerprint density at radius 2 is 1.89 bits per heavy atom. The Hall–Kier alpha value is -3.98. The molecule has 1 aromatic carbocycles. The van der Waals surface area contributed by atoms with Crippen LogP contribution in [-0.2, 0) is 23.6 Å². The van der Waals surface area contributed by atoms with Crippen LogP contribution in [0.5, 0.6) is 0 Å². The first-order valence-electron chi connectivity index (χ1n) is 11.3. The lowest BCUT2D eigenvalue weighted by molar-refractivity contribution is -0.00467. The highest BCUT2D eigenvalue weighted by Gasteiger charge is 2.33. The van der Waals surface area contributed by atoms with E-state index in [1.807, 2.05) is 49.3 Å². The molecule has 0 unspecified atom stereocenters. The minimum absolute atomic E-state index is 0.0261. The van der Waals surface area contributed by atoms with Crippen molar-refractivity contribution >= 4 is 22.8 Å². The Morgan fingerprint density at radius 1 is 1.06 bits per heavy atom. The van der Waals surface area contributed by atoms with Gasteiger partial charge in [0, 0.05) is 19.7 Å². The fraction of sp³-hybridized carbons (Fsp3) is 0.269. The van der Waals surface area contributed by atoms with Crippen molar-refractivity contribution in [3.05, 3.63) is 77.0 Å². The molecule has 1 aliphatic heterocycles. The maximum Gasteiger partial charge on any atom is 0.251 e. The van der Waals surface area contributed by atoms with Crippen LogP contribution in [0, 0.1) is 0 Å². The molecule has 1 amide bonds. The highest BCUT2D eigenvalue weighted by Crippen LogP contribution is 2.34. The van der Waals surface area contributed by atoms with Crippen LogP contribution in [0.4, 0.5) is 10.2 Å². The van der Waals surface area contributed by atoms with Crippen LogP contribution < -0.4 is 10.2 Å². The second-order valence-corrected chi connectivity index (χ2v) is 8.96. The van der Waals surface area contributed by atoms with Gasteiger partial charge in [0.25, 0.3) is 5.91 Å². The van der Waals surface area contributed by atoms with Crippen molar-refractivity contribution in [2.75, 3.05) is 25.6 Å². The Kier molecular flexibility index (Phi) is 5.86. The monoisotopic (exact) mass is 472 g/mol. The van der Waals surface area contributed by atoms with Crippen molar-refractivity contribution in [3.63, 3.8) is 0 Å².